The normalized spacial score (nSPS) is 18.4. The van der Waals surface area contributed by atoms with Crippen molar-refractivity contribution < 1.29 is 0 Å². The summed E-state index contributed by atoms with van der Waals surface area (Å²) in [4.78, 5) is 4.95. The van der Waals surface area contributed by atoms with Gasteiger partial charge in [-0.3, -0.25) is 0 Å². The summed E-state index contributed by atoms with van der Waals surface area (Å²) in [5, 5.41) is 0. The molecule has 0 radical (unpaired) electrons. The highest BCUT2D eigenvalue weighted by atomic mass is 15.2. The zero-order valence-electron chi connectivity index (χ0n) is 33.8. The molecular formula is C56H50N2. The van der Waals surface area contributed by atoms with Crippen LogP contribution in [0.3, 0.4) is 0 Å². The second-order valence-electron chi connectivity index (χ2n) is 16.9. The number of anilines is 5. The van der Waals surface area contributed by atoms with Crippen molar-refractivity contribution in [1.29, 1.82) is 0 Å². The van der Waals surface area contributed by atoms with Gasteiger partial charge in [0.05, 0.1) is 0 Å². The Hall–Kier alpha value is -6.38. The van der Waals surface area contributed by atoms with Crippen molar-refractivity contribution in [2.24, 2.45) is 5.92 Å². The molecule has 2 aliphatic carbocycles. The number of para-hydroxylation sites is 4. The molecule has 6 aromatic rings. The smallest absolute Gasteiger partial charge is 0.0493 e. The van der Waals surface area contributed by atoms with Crippen LogP contribution in [0.5, 0.6) is 0 Å². The quantitative estimate of drug-likeness (QED) is 0.177. The average molecular weight is 751 g/mol. The summed E-state index contributed by atoms with van der Waals surface area (Å²) < 4.78 is 0. The molecule has 2 heterocycles. The van der Waals surface area contributed by atoms with E-state index in [0.29, 0.717) is 11.8 Å². The Bertz CT molecular complexity index is 2610. The van der Waals surface area contributed by atoms with Crippen LogP contribution in [0.4, 0.5) is 28.4 Å². The number of hydrogen-bond acceptors (Lipinski definition) is 2. The molecule has 0 spiro atoms. The Kier molecular flexibility index (Phi) is 9.21. The highest BCUT2D eigenvalue weighted by molar-refractivity contribution is 5.81. The first-order chi connectivity index (χ1) is 28.4. The lowest BCUT2D eigenvalue weighted by atomic mass is 9.74. The van der Waals surface area contributed by atoms with Crippen LogP contribution < -0.4 is 9.80 Å². The number of hydrogen-bond donors (Lipinski definition) is 0. The van der Waals surface area contributed by atoms with Gasteiger partial charge in [0.15, 0.2) is 0 Å². The topological polar surface area (TPSA) is 6.48 Å². The summed E-state index contributed by atoms with van der Waals surface area (Å²) >= 11 is 0. The van der Waals surface area contributed by atoms with Crippen molar-refractivity contribution in [2.75, 3.05) is 9.80 Å². The molecule has 0 saturated carbocycles. The molecule has 6 aromatic carbocycles. The Balaban J connectivity index is 0.945. The molecule has 2 heteroatoms. The van der Waals surface area contributed by atoms with Crippen molar-refractivity contribution >= 4 is 40.6 Å². The molecule has 10 rings (SSSR count). The molecule has 0 aromatic heterocycles. The summed E-state index contributed by atoms with van der Waals surface area (Å²) in [5.74, 6) is 0.725. The molecule has 0 fully saturated rings. The molecule has 2 atom stereocenters. The molecule has 2 aliphatic heterocycles. The molecule has 0 N–H and O–H groups in total. The van der Waals surface area contributed by atoms with Crippen LogP contribution in [0.25, 0.3) is 12.2 Å². The largest absolute Gasteiger partial charge is 0.310 e. The van der Waals surface area contributed by atoms with Crippen LogP contribution in [0, 0.1) is 12.8 Å². The number of nitrogens with zero attached hydrogens (tertiary/aromatic N) is 2. The van der Waals surface area contributed by atoms with E-state index < -0.39 is 0 Å². The van der Waals surface area contributed by atoms with E-state index in [0.717, 1.165) is 31.4 Å². The van der Waals surface area contributed by atoms with Gasteiger partial charge < -0.3 is 9.80 Å². The lowest BCUT2D eigenvalue weighted by Crippen LogP contribution is -2.28. The van der Waals surface area contributed by atoms with Crippen molar-refractivity contribution in [3.8, 4) is 0 Å². The first kappa shape index (κ1) is 36.0. The van der Waals surface area contributed by atoms with Gasteiger partial charge in [-0.05, 0) is 136 Å². The van der Waals surface area contributed by atoms with E-state index >= 15 is 0 Å². The standard InChI is InChI=1S/C56H50N2/c1-39-15-14-22-46(57-52-23-10-5-17-42(52)30-31-43-18-6-11-24-53(43)57)21-9-4-16-41(39)29-27-40-28-35-48-49-36-34-47(38-51(49)56(2,3)50(48)37-40)58-54-25-12-7-19-44(54)32-33-45-20-8-13-26-55(45)58/h4-29,34-38,49,51H,30-33H2,1-3H3/b9-4?,15-14?,16-4?,21-9?,22-14?,29-27+,39-15?,41-16?,41-39?,46-21?,46-22?. The van der Waals surface area contributed by atoms with Gasteiger partial charge in [-0.25, -0.2) is 0 Å². The first-order valence-corrected chi connectivity index (χ1v) is 21.0. The van der Waals surface area contributed by atoms with E-state index in [1.807, 2.05) is 0 Å². The molecule has 0 amide bonds. The van der Waals surface area contributed by atoms with E-state index in [1.54, 1.807) is 0 Å². The van der Waals surface area contributed by atoms with Crippen LogP contribution in [-0.2, 0) is 31.1 Å². The second kappa shape index (κ2) is 14.8. The Labute approximate surface area is 344 Å². The van der Waals surface area contributed by atoms with Crippen LogP contribution in [0.15, 0.2) is 182 Å². The minimum absolute atomic E-state index is 0.0256. The lowest BCUT2D eigenvalue weighted by Gasteiger charge is -2.35. The number of aryl methyl sites for hydroxylation is 5. The first-order valence-electron chi connectivity index (χ1n) is 21.0. The van der Waals surface area contributed by atoms with Gasteiger partial charge in [0, 0.05) is 40.1 Å². The van der Waals surface area contributed by atoms with E-state index in [-0.39, 0.29) is 5.41 Å². The lowest BCUT2D eigenvalue weighted by molar-refractivity contribution is 0.392. The van der Waals surface area contributed by atoms with Gasteiger partial charge in [-0.2, -0.15) is 0 Å². The SMILES string of the molecule is Cc1cccc(N2c3ccccc3CCc3ccccc32)ccccc1/C=C/c1ccc2c(c1)C(C)(C)C1C=C(N3c4ccccc4CCc4ccccc43)C=CC21. The van der Waals surface area contributed by atoms with E-state index in [9.17, 15) is 0 Å². The third-order valence-corrected chi connectivity index (χ3v) is 13.1. The highest BCUT2D eigenvalue weighted by Crippen LogP contribution is 2.55. The van der Waals surface area contributed by atoms with Crippen LogP contribution >= 0.6 is 0 Å². The molecule has 4 aliphatic rings. The monoisotopic (exact) mass is 750 g/mol. The highest BCUT2D eigenvalue weighted by Gasteiger charge is 2.45. The van der Waals surface area contributed by atoms with Gasteiger partial charge >= 0.3 is 0 Å². The van der Waals surface area contributed by atoms with Gasteiger partial charge in [0.25, 0.3) is 0 Å². The third kappa shape index (κ3) is 6.38. The number of rotatable bonds is 4. The zero-order valence-corrected chi connectivity index (χ0v) is 33.8. The fraction of sp³-hybridized carbons (Fsp3) is 0.179. The molecular weight excluding hydrogens is 701 g/mol. The predicted molar refractivity (Wildman–Crippen MR) is 245 cm³/mol. The maximum atomic E-state index is 2.57. The van der Waals surface area contributed by atoms with Crippen molar-refractivity contribution in [1.82, 2.24) is 0 Å². The Morgan fingerprint density at radius 3 is 1.66 bits per heavy atom. The Morgan fingerprint density at radius 1 is 0.534 bits per heavy atom. The number of benzene rings is 5. The molecule has 0 bridgehead atoms. The van der Waals surface area contributed by atoms with Gasteiger partial charge in [0.1, 0.15) is 0 Å². The van der Waals surface area contributed by atoms with Crippen molar-refractivity contribution in [3.05, 3.63) is 232 Å². The second-order valence-corrected chi connectivity index (χ2v) is 16.9. The summed E-state index contributed by atoms with van der Waals surface area (Å²) in [5.41, 5.74) is 19.7. The van der Waals surface area contributed by atoms with Crippen LogP contribution in [0.1, 0.15) is 69.8 Å². The van der Waals surface area contributed by atoms with Crippen molar-refractivity contribution in [2.45, 2.75) is 57.8 Å². The molecule has 58 heavy (non-hydrogen) atoms. The summed E-state index contributed by atoms with van der Waals surface area (Å²) in [6, 6.07) is 58.3. The fourth-order valence-electron chi connectivity index (χ4n) is 10.0. The number of allylic oxidation sites excluding steroid dienone is 3. The maximum Gasteiger partial charge on any atom is 0.0493 e. The minimum atomic E-state index is -0.0256. The Morgan fingerprint density at radius 2 is 1.05 bits per heavy atom. The van der Waals surface area contributed by atoms with E-state index in [4.69, 9.17) is 0 Å². The molecule has 2 nitrogen and oxygen atoms in total. The number of fused-ring (bicyclic) bond motifs is 7. The summed E-state index contributed by atoms with van der Waals surface area (Å²) in [6.45, 7) is 7.10. The van der Waals surface area contributed by atoms with E-state index in [1.165, 1.54) is 78.5 Å². The predicted octanol–water partition coefficient (Wildman–Crippen LogP) is 14.2. The minimum Gasteiger partial charge on any atom is -0.310 e. The molecule has 2 unspecified atom stereocenters. The summed E-state index contributed by atoms with van der Waals surface area (Å²) in [7, 11) is 0. The third-order valence-electron chi connectivity index (χ3n) is 13.1. The molecule has 0 saturated heterocycles. The van der Waals surface area contributed by atoms with Gasteiger partial charge in [-0.15, -0.1) is 0 Å². The van der Waals surface area contributed by atoms with Crippen LogP contribution in [-0.4, -0.2) is 0 Å². The van der Waals surface area contributed by atoms with Gasteiger partial charge in [0.2, 0.25) is 0 Å². The van der Waals surface area contributed by atoms with Crippen LogP contribution in [0.2, 0.25) is 0 Å². The fourth-order valence-corrected chi connectivity index (χ4v) is 10.0. The van der Waals surface area contributed by atoms with Gasteiger partial charge in [-0.1, -0.05) is 159 Å². The molecule has 284 valence electrons. The average Bonchev–Trinajstić information content (AvgIpc) is 3.38. The van der Waals surface area contributed by atoms with E-state index in [2.05, 4.69) is 219 Å². The zero-order chi connectivity index (χ0) is 39.2. The maximum absolute atomic E-state index is 2.57. The summed E-state index contributed by atoms with van der Waals surface area (Å²) in [6.07, 6.45) is 16.2. The van der Waals surface area contributed by atoms with Crippen molar-refractivity contribution in [3.63, 3.8) is 0 Å².